The van der Waals surface area contributed by atoms with Crippen LogP contribution in [0.2, 0.25) is 5.02 Å². The highest BCUT2D eigenvalue weighted by molar-refractivity contribution is 6.33. The van der Waals surface area contributed by atoms with Gasteiger partial charge in [-0.05, 0) is 49.1 Å². The Morgan fingerprint density at radius 3 is 2.43 bits per heavy atom. The quantitative estimate of drug-likeness (QED) is 0.691. The Kier molecular flexibility index (Phi) is 5.96. The Labute approximate surface area is 173 Å². The van der Waals surface area contributed by atoms with Crippen LogP contribution in [0.3, 0.4) is 0 Å². The van der Waals surface area contributed by atoms with Gasteiger partial charge >= 0.3 is 0 Å². The van der Waals surface area contributed by atoms with Crippen LogP contribution in [-0.4, -0.2) is 37.3 Å². The predicted octanol–water partition coefficient (Wildman–Crippen LogP) is 5.19. The molecule has 5 heteroatoms. The molecule has 0 radical (unpaired) electrons. The Morgan fingerprint density at radius 2 is 1.79 bits per heavy atom. The lowest BCUT2D eigenvalue weighted by molar-refractivity contribution is 0.171. The molecule has 28 heavy (non-hydrogen) atoms. The second-order valence-electron chi connectivity index (χ2n) is 8.12. The van der Waals surface area contributed by atoms with Gasteiger partial charge in [-0.25, -0.2) is 0 Å². The summed E-state index contributed by atoms with van der Waals surface area (Å²) in [4.78, 5) is 9.21. The molecule has 3 heterocycles. The van der Waals surface area contributed by atoms with E-state index in [9.17, 15) is 0 Å². The molecular weight excluding hydrogens is 370 g/mol. The maximum Gasteiger partial charge on any atom is 0.119 e. The van der Waals surface area contributed by atoms with Gasteiger partial charge in [-0.1, -0.05) is 25.4 Å². The van der Waals surface area contributed by atoms with E-state index in [1.165, 1.54) is 12.1 Å². The van der Waals surface area contributed by atoms with Crippen LogP contribution in [0.1, 0.15) is 38.8 Å². The van der Waals surface area contributed by atoms with Crippen molar-refractivity contribution in [3.05, 3.63) is 47.2 Å². The lowest BCUT2D eigenvalue weighted by Gasteiger charge is -2.34. The van der Waals surface area contributed by atoms with E-state index in [1.54, 1.807) is 6.20 Å². The summed E-state index contributed by atoms with van der Waals surface area (Å²) in [5.74, 6) is 1.77. The van der Waals surface area contributed by atoms with Crippen LogP contribution < -0.4 is 14.5 Å². The van der Waals surface area contributed by atoms with Gasteiger partial charge in [0.15, 0.2) is 0 Å². The Hall–Kier alpha value is -1.94. The number of piperidine rings is 1. The SMILES string of the molecule is CCc1cc(N2CCC(Oc3ccc(N4CCC(C)C4)cc3)CC2)c(Cl)cn1. The van der Waals surface area contributed by atoms with Crippen LogP contribution in [-0.2, 0) is 6.42 Å². The maximum absolute atomic E-state index is 6.39. The van der Waals surface area contributed by atoms with E-state index in [0.29, 0.717) is 0 Å². The zero-order valence-corrected chi connectivity index (χ0v) is 17.7. The van der Waals surface area contributed by atoms with Crippen LogP contribution in [0.15, 0.2) is 36.5 Å². The van der Waals surface area contributed by atoms with Crippen molar-refractivity contribution >= 4 is 23.0 Å². The van der Waals surface area contributed by atoms with Crippen molar-refractivity contribution in [1.29, 1.82) is 0 Å². The molecule has 150 valence electrons. The molecule has 4 nitrogen and oxygen atoms in total. The standard InChI is InChI=1S/C23H30ClN3O/c1-3-18-14-23(22(24)15-25-18)26-12-9-21(10-13-26)28-20-6-4-19(5-7-20)27-11-8-17(2)16-27/h4-7,14-15,17,21H,3,8-13,16H2,1-2H3. The molecule has 1 aromatic heterocycles. The first-order valence-electron chi connectivity index (χ1n) is 10.5. The van der Waals surface area contributed by atoms with Gasteiger partial charge in [0.05, 0.1) is 10.7 Å². The fourth-order valence-electron chi connectivity index (χ4n) is 4.22. The van der Waals surface area contributed by atoms with Crippen molar-refractivity contribution in [3.8, 4) is 5.75 Å². The number of ether oxygens (including phenoxy) is 1. The van der Waals surface area contributed by atoms with Gasteiger partial charge in [-0.15, -0.1) is 0 Å². The average molecular weight is 400 g/mol. The molecule has 4 rings (SSSR count). The molecule has 0 N–H and O–H groups in total. The number of aromatic nitrogens is 1. The highest BCUT2D eigenvalue weighted by atomic mass is 35.5. The fourth-order valence-corrected chi connectivity index (χ4v) is 4.44. The first-order chi connectivity index (χ1) is 13.6. The minimum Gasteiger partial charge on any atom is -0.490 e. The summed E-state index contributed by atoms with van der Waals surface area (Å²) in [6, 6.07) is 10.8. The summed E-state index contributed by atoms with van der Waals surface area (Å²) < 4.78 is 6.26. The third kappa shape index (κ3) is 4.38. The highest BCUT2D eigenvalue weighted by Crippen LogP contribution is 2.30. The van der Waals surface area contributed by atoms with Crippen LogP contribution in [0.25, 0.3) is 0 Å². The van der Waals surface area contributed by atoms with E-state index < -0.39 is 0 Å². The summed E-state index contributed by atoms with van der Waals surface area (Å²) in [6.45, 7) is 8.69. The number of hydrogen-bond acceptors (Lipinski definition) is 4. The van der Waals surface area contributed by atoms with Gasteiger partial charge in [0.2, 0.25) is 0 Å². The van der Waals surface area contributed by atoms with Crippen molar-refractivity contribution < 1.29 is 4.74 Å². The zero-order chi connectivity index (χ0) is 19.5. The lowest BCUT2D eigenvalue weighted by Crippen LogP contribution is -2.38. The summed E-state index contributed by atoms with van der Waals surface area (Å²) in [6.07, 6.45) is 6.27. The number of rotatable bonds is 5. The number of nitrogens with zero attached hydrogens (tertiary/aromatic N) is 3. The van der Waals surface area contributed by atoms with Crippen LogP contribution in [0, 0.1) is 5.92 Å². The minimum absolute atomic E-state index is 0.264. The van der Waals surface area contributed by atoms with Crippen molar-refractivity contribution in [2.45, 2.75) is 45.6 Å². The maximum atomic E-state index is 6.39. The largest absolute Gasteiger partial charge is 0.490 e. The average Bonchev–Trinajstić information content (AvgIpc) is 3.16. The smallest absolute Gasteiger partial charge is 0.119 e. The summed E-state index contributed by atoms with van der Waals surface area (Å²) in [5.41, 5.74) is 3.51. The van der Waals surface area contributed by atoms with Crippen LogP contribution >= 0.6 is 11.6 Å². The first-order valence-corrected chi connectivity index (χ1v) is 10.9. The van der Waals surface area contributed by atoms with Crippen molar-refractivity contribution in [1.82, 2.24) is 4.98 Å². The molecule has 0 amide bonds. The summed E-state index contributed by atoms with van der Waals surface area (Å²) in [5, 5.41) is 0.739. The molecule has 2 fully saturated rings. The summed E-state index contributed by atoms with van der Waals surface area (Å²) >= 11 is 6.39. The minimum atomic E-state index is 0.264. The normalized spacial score (nSPS) is 20.6. The van der Waals surface area contributed by atoms with E-state index in [1.807, 2.05) is 0 Å². The van der Waals surface area contributed by atoms with E-state index in [4.69, 9.17) is 16.3 Å². The topological polar surface area (TPSA) is 28.6 Å². The van der Waals surface area contributed by atoms with Crippen molar-refractivity contribution in [2.24, 2.45) is 5.92 Å². The molecule has 2 aromatic rings. The number of pyridine rings is 1. The third-order valence-electron chi connectivity index (χ3n) is 5.97. The third-order valence-corrected chi connectivity index (χ3v) is 6.26. The van der Waals surface area contributed by atoms with Crippen LogP contribution in [0.4, 0.5) is 11.4 Å². The molecule has 0 saturated carbocycles. The fraction of sp³-hybridized carbons (Fsp3) is 0.522. The molecular formula is C23H30ClN3O. The molecule has 2 saturated heterocycles. The van der Waals surface area contributed by atoms with E-state index >= 15 is 0 Å². The highest BCUT2D eigenvalue weighted by Gasteiger charge is 2.23. The van der Waals surface area contributed by atoms with Crippen LogP contribution in [0.5, 0.6) is 5.75 Å². The Morgan fingerprint density at radius 1 is 1.07 bits per heavy atom. The Bertz CT molecular complexity index is 787. The number of aryl methyl sites for hydroxylation is 1. The first kappa shape index (κ1) is 19.4. The molecule has 0 bridgehead atoms. The molecule has 0 spiro atoms. The van der Waals surface area contributed by atoms with Gasteiger partial charge < -0.3 is 14.5 Å². The van der Waals surface area contributed by atoms with Gasteiger partial charge in [-0.2, -0.15) is 0 Å². The van der Waals surface area contributed by atoms with Crippen molar-refractivity contribution in [2.75, 3.05) is 36.0 Å². The van der Waals surface area contributed by atoms with Gasteiger partial charge in [0.25, 0.3) is 0 Å². The van der Waals surface area contributed by atoms with E-state index in [2.05, 4.69) is 59.0 Å². The molecule has 2 aliphatic rings. The summed E-state index contributed by atoms with van der Waals surface area (Å²) in [7, 11) is 0. The van der Waals surface area contributed by atoms with Gasteiger partial charge in [-0.3, -0.25) is 4.98 Å². The zero-order valence-electron chi connectivity index (χ0n) is 16.9. The molecule has 1 atom stereocenters. The Balaban J connectivity index is 1.32. The van der Waals surface area contributed by atoms with Gasteiger partial charge in [0, 0.05) is 56.6 Å². The molecule has 1 unspecified atom stereocenters. The molecule has 2 aliphatic heterocycles. The lowest BCUT2D eigenvalue weighted by atomic mass is 10.1. The molecule has 1 aromatic carbocycles. The van der Waals surface area contributed by atoms with E-state index in [0.717, 1.165) is 73.5 Å². The number of hydrogen-bond donors (Lipinski definition) is 0. The number of anilines is 2. The number of benzene rings is 1. The second kappa shape index (κ2) is 8.60. The van der Waals surface area contributed by atoms with Crippen molar-refractivity contribution in [3.63, 3.8) is 0 Å². The van der Waals surface area contributed by atoms with E-state index in [-0.39, 0.29) is 6.10 Å². The second-order valence-corrected chi connectivity index (χ2v) is 8.53. The van der Waals surface area contributed by atoms with Gasteiger partial charge in [0.1, 0.15) is 11.9 Å². The number of halogens is 1. The monoisotopic (exact) mass is 399 g/mol. The predicted molar refractivity (Wildman–Crippen MR) is 117 cm³/mol. The molecule has 0 aliphatic carbocycles.